The minimum Gasteiger partial charge on any atom is -0.307 e. The minimum absolute atomic E-state index is 0.0743. The number of nitrogens with zero attached hydrogens (tertiary/aromatic N) is 1. The highest BCUT2D eigenvalue weighted by Gasteiger charge is 2.38. The Morgan fingerprint density at radius 2 is 2.27 bits per heavy atom. The molecule has 0 radical (unpaired) electrons. The first-order chi connectivity index (χ1) is 7.15. The number of hydrogen-bond donors (Lipinski definition) is 1. The zero-order valence-corrected chi connectivity index (χ0v) is 9.26. The molecule has 1 aromatic rings. The number of pyridine rings is 1. The molecule has 0 bridgehead atoms. The van der Waals surface area contributed by atoms with Crippen molar-refractivity contribution in [1.82, 2.24) is 10.3 Å². The maximum absolute atomic E-state index is 13.2. The van der Waals surface area contributed by atoms with E-state index in [0.717, 1.165) is 24.9 Å². The van der Waals surface area contributed by atoms with E-state index in [0.29, 0.717) is 5.92 Å². The fourth-order valence-electron chi connectivity index (χ4n) is 2.50. The number of aromatic nitrogens is 1. The lowest BCUT2D eigenvalue weighted by Crippen LogP contribution is -2.41. The average molecular weight is 208 g/mol. The molecular formula is C12H17FN2. The lowest BCUT2D eigenvalue weighted by atomic mass is 9.79. The van der Waals surface area contributed by atoms with E-state index in [1.54, 1.807) is 12.3 Å². The predicted octanol–water partition coefficient (Wildman–Crippen LogP) is 2.46. The zero-order chi connectivity index (χ0) is 10.9. The van der Waals surface area contributed by atoms with Gasteiger partial charge in [-0.3, -0.25) is 4.98 Å². The molecule has 0 amide bonds. The van der Waals surface area contributed by atoms with E-state index in [-0.39, 0.29) is 11.4 Å². The summed E-state index contributed by atoms with van der Waals surface area (Å²) in [6, 6.07) is 1.60. The molecule has 2 nitrogen and oxygen atoms in total. The van der Waals surface area contributed by atoms with Gasteiger partial charge in [-0.2, -0.15) is 0 Å². The summed E-state index contributed by atoms with van der Waals surface area (Å²) in [7, 11) is 0. The van der Waals surface area contributed by atoms with Crippen LogP contribution in [0.25, 0.3) is 0 Å². The summed E-state index contributed by atoms with van der Waals surface area (Å²) < 4.78 is 13.2. The van der Waals surface area contributed by atoms with E-state index >= 15 is 0 Å². The normalized spacial score (nSPS) is 26.1. The molecule has 1 unspecified atom stereocenters. The Kier molecular flexibility index (Phi) is 2.74. The fourth-order valence-corrected chi connectivity index (χ4v) is 2.50. The van der Waals surface area contributed by atoms with Crippen molar-refractivity contribution in [1.29, 1.82) is 0 Å². The predicted molar refractivity (Wildman–Crippen MR) is 57.9 cm³/mol. The lowest BCUT2D eigenvalue weighted by molar-refractivity contribution is 0.275. The molecule has 1 saturated heterocycles. The molecule has 1 aliphatic rings. The molecule has 15 heavy (non-hydrogen) atoms. The van der Waals surface area contributed by atoms with Gasteiger partial charge in [0.15, 0.2) is 0 Å². The second-order valence-electron chi connectivity index (χ2n) is 4.55. The molecule has 0 spiro atoms. The Morgan fingerprint density at radius 3 is 2.80 bits per heavy atom. The van der Waals surface area contributed by atoms with E-state index in [2.05, 4.69) is 24.1 Å². The van der Waals surface area contributed by atoms with Crippen LogP contribution in [0.5, 0.6) is 0 Å². The molecule has 82 valence electrons. The Labute approximate surface area is 89.9 Å². The topological polar surface area (TPSA) is 24.9 Å². The highest BCUT2D eigenvalue weighted by molar-refractivity contribution is 5.24. The number of hydrogen-bond acceptors (Lipinski definition) is 2. The molecule has 0 aliphatic carbocycles. The summed E-state index contributed by atoms with van der Waals surface area (Å²) in [5.41, 5.74) is 0.907. The first kappa shape index (κ1) is 10.6. The second-order valence-corrected chi connectivity index (χ2v) is 4.55. The van der Waals surface area contributed by atoms with Gasteiger partial charge >= 0.3 is 0 Å². The van der Waals surface area contributed by atoms with Gasteiger partial charge < -0.3 is 5.32 Å². The minimum atomic E-state index is -0.249. The van der Waals surface area contributed by atoms with Crippen molar-refractivity contribution in [3.8, 4) is 0 Å². The highest BCUT2D eigenvalue weighted by atomic mass is 19.1. The second kappa shape index (κ2) is 3.89. The molecule has 1 fully saturated rings. The fraction of sp³-hybridized carbons (Fsp3) is 0.583. The summed E-state index contributed by atoms with van der Waals surface area (Å²) in [5, 5.41) is 3.51. The molecule has 2 heterocycles. The lowest BCUT2D eigenvalue weighted by Gasteiger charge is -2.34. The summed E-state index contributed by atoms with van der Waals surface area (Å²) in [5.74, 6) is 0.199. The number of halogens is 1. The molecule has 1 aliphatic heterocycles. The van der Waals surface area contributed by atoms with Crippen LogP contribution in [-0.2, 0) is 5.54 Å². The van der Waals surface area contributed by atoms with Crippen molar-refractivity contribution in [3.63, 3.8) is 0 Å². The van der Waals surface area contributed by atoms with Crippen molar-refractivity contribution in [2.24, 2.45) is 5.92 Å². The first-order valence-electron chi connectivity index (χ1n) is 5.51. The van der Waals surface area contributed by atoms with Crippen molar-refractivity contribution < 1.29 is 4.39 Å². The first-order valence-corrected chi connectivity index (χ1v) is 5.51. The van der Waals surface area contributed by atoms with Crippen LogP contribution in [0.1, 0.15) is 32.3 Å². The van der Waals surface area contributed by atoms with Crippen molar-refractivity contribution in [2.45, 2.75) is 32.2 Å². The van der Waals surface area contributed by atoms with Gasteiger partial charge in [0.2, 0.25) is 0 Å². The molecule has 1 N–H and O–H groups in total. The maximum Gasteiger partial charge on any atom is 0.141 e. The van der Waals surface area contributed by atoms with Crippen molar-refractivity contribution in [2.75, 3.05) is 6.54 Å². The van der Waals surface area contributed by atoms with Gasteiger partial charge in [0.25, 0.3) is 0 Å². The molecule has 1 aromatic heterocycles. The Bertz CT molecular complexity index is 343. The van der Waals surface area contributed by atoms with E-state index in [4.69, 9.17) is 0 Å². The van der Waals surface area contributed by atoms with Crippen LogP contribution >= 0.6 is 0 Å². The standard InChI is InChI=1S/C12H17FN2/c1-9(2)12(4-3-5-15-12)10-6-11(13)8-14-7-10/h6-9,15H,3-5H2,1-2H3. The highest BCUT2D eigenvalue weighted by Crippen LogP contribution is 2.37. The van der Waals surface area contributed by atoms with Crippen LogP contribution < -0.4 is 5.32 Å². The van der Waals surface area contributed by atoms with Crippen LogP contribution in [0.4, 0.5) is 4.39 Å². The number of nitrogens with one attached hydrogen (secondary N) is 1. The smallest absolute Gasteiger partial charge is 0.141 e. The van der Waals surface area contributed by atoms with Crippen LogP contribution in [0, 0.1) is 11.7 Å². The van der Waals surface area contributed by atoms with Gasteiger partial charge in [0.05, 0.1) is 6.20 Å². The van der Waals surface area contributed by atoms with Gasteiger partial charge in [0.1, 0.15) is 5.82 Å². The van der Waals surface area contributed by atoms with Crippen molar-refractivity contribution in [3.05, 3.63) is 29.8 Å². The summed E-state index contributed by atoms with van der Waals surface area (Å²) in [6.45, 7) is 5.35. The van der Waals surface area contributed by atoms with Gasteiger partial charge in [-0.05, 0) is 36.9 Å². The van der Waals surface area contributed by atoms with E-state index in [9.17, 15) is 4.39 Å². The van der Waals surface area contributed by atoms with Crippen molar-refractivity contribution >= 4 is 0 Å². The molecule has 1 atom stereocenters. The van der Waals surface area contributed by atoms with E-state index < -0.39 is 0 Å². The summed E-state index contributed by atoms with van der Waals surface area (Å²) in [4.78, 5) is 3.94. The Hall–Kier alpha value is -0.960. The van der Waals surface area contributed by atoms with Crippen LogP contribution in [0.2, 0.25) is 0 Å². The Morgan fingerprint density at radius 1 is 1.47 bits per heavy atom. The average Bonchev–Trinajstić information content (AvgIpc) is 2.67. The largest absolute Gasteiger partial charge is 0.307 e. The Balaban J connectivity index is 2.41. The quantitative estimate of drug-likeness (QED) is 0.807. The monoisotopic (exact) mass is 208 g/mol. The van der Waals surface area contributed by atoms with Gasteiger partial charge in [-0.1, -0.05) is 13.8 Å². The van der Waals surface area contributed by atoms with Gasteiger partial charge in [-0.25, -0.2) is 4.39 Å². The number of rotatable bonds is 2. The third kappa shape index (κ3) is 1.76. The summed E-state index contributed by atoms with van der Waals surface area (Å²) >= 11 is 0. The van der Waals surface area contributed by atoms with E-state index in [1.165, 1.54) is 6.20 Å². The third-order valence-corrected chi connectivity index (χ3v) is 3.39. The SMILES string of the molecule is CC(C)C1(c2cncc(F)c2)CCCN1. The molecule has 0 saturated carbocycles. The maximum atomic E-state index is 13.2. The molecule has 0 aromatic carbocycles. The zero-order valence-electron chi connectivity index (χ0n) is 9.26. The molecule has 3 heteroatoms. The third-order valence-electron chi connectivity index (χ3n) is 3.39. The van der Waals surface area contributed by atoms with Gasteiger partial charge in [-0.15, -0.1) is 0 Å². The molecular weight excluding hydrogens is 191 g/mol. The summed E-state index contributed by atoms with van der Waals surface area (Å²) in [6.07, 6.45) is 5.25. The van der Waals surface area contributed by atoms with Crippen LogP contribution in [0.3, 0.4) is 0 Å². The van der Waals surface area contributed by atoms with Crippen LogP contribution in [-0.4, -0.2) is 11.5 Å². The van der Waals surface area contributed by atoms with E-state index in [1.807, 2.05) is 0 Å². The molecule has 2 rings (SSSR count). The van der Waals surface area contributed by atoms with Crippen LogP contribution in [0.15, 0.2) is 18.5 Å². The van der Waals surface area contributed by atoms with Gasteiger partial charge in [0, 0.05) is 11.7 Å².